The van der Waals surface area contributed by atoms with Gasteiger partial charge in [0.05, 0.1) is 11.3 Å². The number of hydrogen-bond acceptors (Lipinski definition) is 6. The second kappa shape index (κ2) is 5.92. The number of fused-ring (bicyclic) bond motifs is 1. The zero-order chi connectivity index (χ0) is 12.1. The van der Waals surface area contributed by atoms with Gasteiger partial charge in [0, 0.05) is 6.54 Å². The monoisotopic (exact) mass is 268 g/mol. The van der Waals surface area contributed by atoms with Gasteiger partial charge >= 0.3 is 0 Å². The minimum absolute atomic E-state index is 0.0267. The van der Waals surface area contributed by atoms with Crippen LogP contribution in [0.2, 0.25) is 0 Å². The molecule has 5 nitrogen and oxygen atoms in total. The van der Waals surface area contributed by atoms with Crippen LogP contribution in [0.25, 0.3) is 10.3 Å². The molecule has 2 rings (SSSR count). The third kappa shape index (κ3) is 3.13. The molecule has 2 heterocycles. The van der Waals surface area contributed by atoms with Gasteiger partial charge in [-0.05, 0) is 6.42 Å². The van der Waals surface area contributed by atoms with Crippen molar-refractivity contribution in [3.8, 4) is 0 Å². The minimum Gasteiger partial charge on any atom is -0.355 e. The van der Waals surface area contributed by atoms with Crippen molar-refractivity contribution in [3.05, 3.63) is 11.8 Å². The maximum absolute atomic E-state index is 11.5. The molecule has 0 aromatic carbocycles. The third-order valence-corrected chi connectivity index (χ3v) is 3.72. The fourth-order valence-electron chi connectivity index (χ4n) is 1.23. The molecule has 0 bridgehead atoms. The summed E-state index contributed by atoms with van der Waals surface area (Å²) >= 11 is 2.87. The van der Waals surface area contributed by atoms with Gasteiger partial charge in [-0.15, -0.1) is 11.3 Å². The lowest BCUT2D eigenvalue weighted by atomic mass is 10.5. The van der Waals surface area contributed by atoms with Crippen LogP contribution in [0.15, 0.2) is 16.9 Å². The first-order valence-corrected chi connectivity index (χ1v) is 7.11. The van der Waals surface area contributed by atoms with Crippen LogP contribution in [0, 0.1) is 0 Å². The van der Waals surface area contributed by atoms with Crippen molar-refractivity contribution in [1.29, 1.82) is 0 Å². The smallest absolute Gasteiger partial charge is 0.230 e. The quantitative estimate of drug-likeness (QED) is 0.660. The van der Waals surface area contributed by atoms with Crippen LogP contribution in [-0.2, 0) is 4.79 Å². The topological polar surface area (TPSA) is 67.8 Å². The molecule has 0 aliphatic carbocycles. The molecule has 0 aliphatic rings. The van der Waals surface area contributed by atoms with Gasteiger partial charge in [0.25, 0.3) is 0 Å². The third-order valence-electron chi connectivity index (χ3n) is 2.01. The highest BCUT2D eigenvalue weighted by Crippen LogP contribution is 2.24. The number of carbonyl (C=O) groups is 1. The highest BCUT2D eigenvalue weighted by atomic mass is 32.2. The van der Waals surface area contributed by atoms with Gasteiger partial charge in [-0.25, -0.2) is 15.0 Å². The fraction of sp³-hybridized carbons (Fsp3) is 0.400. The van der Waals surface area contributed by atoms with Crippen LogP contribution >= 0.6 is 23.1 Å². The molecular weight excluding hydrogens is 256 g/mol. The number of amides is 1. The summed E-state index contributed by atoms with van der Waals surface area (Å²) in [5.41, 5.74) is 2.52. The molecule has 0 saturated carbocycles. The lowest BCUT2D eigenvalue weighted by Gasteiger charge is -2.02. The highest BCUT2D eigenvalue weighted by molar-refractivity contribution is 8.00. The number of carbonyl (C=O) groups excluding carboxylic acids is 1. The predicted octanol–water partition coefficient (Wildman–Crippen LogP) is 1.70. The van der Waals surface area contributed by atoms with Gasteiger partial charge in [0.2, 0.25) is 5.91 Å². The van der Waals surface area contributed by atoms with E-state index in [0.29, 0.717) is 5.75 Å². The Bertz CT molecular complexity index is 514. The zero-order valence-corrected chi connectivity index (χ0v) is 11.0. The first kappa shape index (κ1) is 12.3. The molecule has 2 aromatic rings. The van der Waals surface area contributed by atoms with E-state index >= 15 is 0 Å². The predicted molar refractivity (Wildman–Crippen MR) is 69.2 cm³/mol. The van der Waals surface area contributed by atoms with Gasteiger partial charge in [0.15, 0.2) is 0 Å². The molecule has 0 spiro atoms. The van der Waals surface area contributed by atoms with E-state index in [1.165, 1.54) is 29.4 Å². The summed E-state index contributed by atoms with van der Waals surface area (Å²) < 4.78 is 0. The molecule has 7 heteroatoms. The van der Waals surface area contributed by atoms with Crippen molar-refractivity contribution in [2.45, 2.75) is 18.4 Å². The summed E-state index contributed by atoms with van der Waals surface area (Å²) in [5, 5.41) is 3.59. The van der Waals surface area contributed by atoms with E-state index in [1.54, 1.807) is 5.51 Å². The zero-order valence-electron chi connectivity index (χ0n) is 9.34. The van der Waals surface area contributed by atoms with Crippen molar-refractivity contribution in [1.82, 2.24) is 20.3 Å². The lowest BCUT2D eigenvalue weighted by Crippen LogP contribution is -2.25. The average Bonchev–Trinajstić information content (AvgIpc) is 2.82. The van der Waals surface area contributed by atoms with Crippen molar-refractivity contribution >= 4 is 39.4 Å². The number of aromatic nitrogens is 3. The lowest BCUT2D eigenvalue weighted by molar-refractivity contribution is -0.118. The maximum Gasteiger partial charge on any atom is 0.230 e. The number of nitrogens with zero attached hydrogens (tertiary/aromatic N) is 3. The van der Waals surface area contributed by atoms with Gasteiger partial charge in [0.1, 0.15) is 21.7 Å². The molecule has 1 amide bonds. The summed E-state index contributed by atoms with van der Waals surface area (Å²) in [6, 6.07) is 0. The summed E-state index contributed by atoms with van der Waals surface area (Å²) in [5.74, 6) is 0.391. The van der Waals surface area contributed by atoms with E-state index in [-0.39, 0.29) is 5.91 Å². The Morgan fingerprint density at radius 3 is 3.18 bits per heavy atom. The highest BCUT2D eigenvalue weighted by Gasteiger charge is 2.09. The van der Waals surface area contributed by atoms with E-state index in [1.807, 2.05) is 6.92 Å². The Balaban J connectivity index is 1.99. The number of rotatable bonds is 5. The first-order valence-electron chi connectivity index (χ1n) is 5.25. The molecule has 90 valence electrons. The van der Waals surface area contributed by atoms with Crippen molar-refractivity contribution < 1.29 is 4.79 Å². The number of hydrogen-bond donors (Lipinski definition) is 1. The van der Waals surface area contributed by atoms with Crippen LogP contribution in [0.5, 0.6) is 0 Å². The Morgan fingerprint density at radius 1 is 1.47 bits per heavy atom. The Hall–Kier alpha value is -1.21. The normalized spacial score (nSPS) is 10.6. The second-order valence-electron chi connectivity index (χ2n) is 3.32. The fourth-order valence-corrected chi connectivity index (χ4v) is 2.70. The standard InChI is InChI=1S/C10H12N4OS2/c1-2-3-11-7(15)4-16-9-8-10(13-5-12-9)17-6-14-8/h5-6H,2-4H2,1H3,(H,11,15). The van der Waals surface area contributed by atoms with Crippen molar-refractivity contribution in [3.63, 3.8) is 0 Å². The van der Waals surface area contributed by atoms with Crippen LogP contribution in [0.3, 0.4) is 0 Å². The van der Waals surface area contributed by atoms with Crippen molar-refractivity contribution in [2.24, 2.45) is 0 Å². The molecule has 0 aliphatic heterocycles. The van der Waals surface area contributed by atoms with Crippen LogP contribution in [0.1, 0.15) is 13.3 Å². The van der Waals surface area contributed by atoms with E-state index in [9.17, 15) is 4.79 Å². The van der Waals surface area contributed by atoms with Gasteiger partial charge < -0.3 is 5.32 Å². The van der Waals surface area contributed by atoms with Crippen LogP contribution in [-0.4, -0.2) is 33.2 Å². The Morgan fingerprint density at radius 2 is 2.35 bits per heavy atom. The molecule has 17 heavy (non-hydrogen) atoms. The Kier molecular flexibility index (Phi) is 4.27. The first-order chi connectivity index (χ1) is 8.31. The number of nitrogens with one attached hydrogen (secondary N) is 1. The second-order valence-corrected chi connectivity index (χ2v) is 5.12. The molecule has 0 fully saturated rings. The Labute approximate surface area is 107 Å². The molecule has 0 atom stereocenters. The van der Waals surface area contributed by atoms with Crippen LogP contribution in [0.4, 0.5) is 0 Å². The van der Waals surface area contributed by atoms with E-state index in [2.05, 4.69) is 20.3 Å². The van der Waals surface area contributed by atoms with Crippen molar-refractivity contribution in [2.75, 3.05) is 12.3 Å². The van der Waals surface area contributed by atoms with Gasteiger partial charge in [-0.3, -0.25) is 4.79 Å². The molecule has 0 saturated heterocycles. The summed E-state index contributed by atoms with van der Waals surface area (Å²) in [7, 11) is 0. The molecule has 0 radical (unpaired) electrons. The molecule has 1 N–H and O–H groups in total. The van der Waals surface area contributed by atoms with E-state index < -0.39 is 0 Å². The maximum atomic E-state index is 11.5. The average molecular weight is 268 g/mol. The summed E-state index contributed by atoms with van der Waals surface area (Å²) in [6.07, 6.45) is 2.45. The largest absolute Gasteiger partial charge is 0.355 e. The summed E-state index contributed by atoms with van der Waals surface area (Å²) in [4.78, 5) is 24.8. The number of thioether (sulfide) groups is 1. The summed E-state index contributed by atoms with van der Waals surface area (Å²) in [6.45, 7) is 2.74. The molecule has 0 unspecified atom stereocenters. The number of thiazole rings is 1. The van der Waals surface area contributed by atoms with E-state index in [4.69, 9.17) is 0 Å². The molecule has 2 aromatic heterocycles. The van der Waals surface area contributed by atoms with E-state index in [0.717, 1.165) is 28.3 Å². The molecular formula is C10H12N4OS2. The van der Waals surface area contributed by atoms with Crippen LogP contribution < -0.4 is 5.32 Å². The SMILES string of the molecule is CCCNC(=O)CSc1ncnc2scnc12. The van der Waals surface area contributed by atoms with Gasteiger partial charge in [-0.1, -0.05) is 18.7 Å². The van der Waals surface area contributed by atoms with Gasteiger partial charge in [-0.2, -0.15) is 0 Å². The minimum atomic E-state index is 0.0267.